The molecule has 1 aromatic carbocycles. The summed E-state index contributed by atoms with van der Waals surface area (Å²) in [5.41, 5.74) is 1.18. The second kappa shape index (κ2) is 6.95. The van der Waals surface area contributed by atoms with Crippen LogP contribution in [0.15, 0.2) is 30.3 Å². The van der Waals surface area contributed by atoms with E-state index in [9.17, 15) is 24.5 Å². The third-order valence-electron chi connectivity index (χ3n) is 3.65. The molecule has 2 rings (SSSR count). The zero-order valence-electron chi connectivity index (χ0n) is 13.5. The highest BCUT2D eigenvalue weighted by Crippen LogP contribution is 2.17. The molecule has 1 N–H and O–H groups in total. The summed E-state index contributed by atoms with van der Waals surface area (Å²) < 4.78 is 1.35. The first-order valence-electron chi connectivity index (χ1n) is 7.18. The lowest BCUT2D eigenvalue weighted by molar-refractivity contribution is -0.384. The lowest BCUT2D eigenvalue weighted by Crippen LogP contribution is -2.45. The van der Waals surface area contributed by atoms with Crippen LogP contribution in [0.25, 0.3) is 0 Å². The summed E-state index contributed by atoms with van der Waals surface area (Å²) in [6.07, 6.45) is 0.619. The van der Waals surface area contributed by atoms with E-state index in [1.165, 1.54) is 28.9 Å². The number of carboxylic acids is 1. The number of benzene rings is 1. The Hall–Kier alpha value is -3.49. The van der Waals surface area contributed by atoms with Gasteiger partial charge < -0.3 is 5.11 Å². The van der Waals surface area contributed by atoms with Crippen molar-refractivity contribution in [2.45, 2.75) is 13.8 Å². The van der Waals surface area contributed by atoms with Gasteiger partial charge in [0.25, 0.3) is 11.6 Å². The molecule has 9 heteroatoms. The van der Waals surface area contributed by atoms with Gasteiger partial charge in [0.15, 0.2) is 6.29 Å². The number of aliphatic carboxylic acids is 1. The summed E-state index contributed by atoms with van der Waals surface area (Å²) in [6.45, 7) is 2.59. The van der Waals surface area contributed by atoms with E-state index >= 15 is 0 Å². The maximum atomic E-state index is 12.7. The highest BCUT2D eigenvalue weighted by Gasteiger charge is 2.24. The summed E-state index contributed by atoms with van der Waals surface area (Å²) in [5, 5.41) is 20.8. The van der Waals surface area contributed by atoms with Crippen molar-refractivity contribution in [3.63, 3.8) is 0 Å². The largest absolute Gasteiger partial charge is 0.480 e. The van der Waals surface area contributed by atoms with Crippen LogP contribution in [0, 0.1) is 24.0 Å². The summed E-state index contributed by atoms with van der Waals surface area (Å²) in [6, 6.07) is 6.38. The van der Waals surface area contributed by atoms with Crippen molar-refractivity contribution in [2.24, 2.45) is 0 Å². The van der Waals surface area contributed by atoms with Crippen molar-refractivity contribution < 1.29 is 24.4 Å². The lowest BCUT2D eigenvalue weighted by Gasteiger charge is -2.25. The molecule has 1 aromatic heterocycles. The van der Waals surface area contributed by atoms with Crippen LogP contribution in [0.4, 0.5) is 5.69 Å². The second-order valence-electron chi connectivity index (χ2n) is 5.32. The van der Waals surface area contributed by atoms with Gasteiger partial charge in [0.2, 0.25) is 0 Å². The standard InChI is InChI=1S/C16H15N3O6/c1-10-7-13(9-20)11(2)18(10)17(8-15(21)22)16(23)12-3-5-14(6-4-12)19(24)25/h3-7,9H,8H2,1-2H3,(H,21,22). The van der Waals surface area contributed by atoms with Gasteiger partial charge in [-0.15, -0.1) is 0 Å². The van der Waals surface area contributed by atoms with Gasteiger partial charge in [0.1, 0.15) is 6.54 Å². The molecule has 9 nitrogen and oxygen atoms in total. The molecule has 0 saturated heterocycles. The summed E-state index contributed by atoms with van der Waals surface area (Å²) >= 11 is 0. The van der Waals surface area contributed by atoms with Crippen molar-refractivity contribution >= 4 is 23.9 Å². The van der Waals surface area contributed by atoms with E-state index < -0.39 is 23.3 Å². The predicted octanol–water partition coefficient (Wildman–Crippen LogP) is 1.69. The molecule has 130 valence electrons. The average Bonchev–Trinajstić information content (AvgIpc) is 2.86. The molecule has 1 heterocycles. The van der Waals surface area contributed by atoms with Crippen LogP contribution in [0.2, 0.25) is 0 Å². The number of nitrogens with zero attached hydrogens (tertiary/aromatic N) is 3. The Bertz CT molecular complexity index is 854. The zero-order chi connectivity index (χ0) is 18.7. The fourth-order valence-corrected chi connectivity index (χ4v) is 2.50. The number of rotatable bonds is 6. The number of hydrogen-bond donors (Lipinski definition) is 1. The molecule has 0 saturated carbocycles. The van der Waals surface area contributed by atoms with E-state index in [0.29, 0.717) is 23.2 Å². The fourth-order valence-electron chi connectivity index (χ4n) is 2.50. The molecular formula is C16H15N3O6. The van der Waals surface area contributed by atoms with Gasteiger partial charge in [-0.1, -0.05) is 0 Å². The van der Waals surface area contributed by atoms with Crippen LogP contribution < -0.4 is 5.01 Å². The normalized spacial score (nSPS) is 10.3. The van der Waals surface area contributed by atoms with Crippen molar-refractivity contribution in [1.29, 1.82) is 0 Å². The number of aromatic nitrogens is 1. The van der Waals surface area contributed by atoms with E-state index in [-0.39, 0.29) is 11.3 Å². The Labute approximate surface area is 142 Å². The van der Waals surface area contributed by atoms with E-state index in [1.807, 2.05) is 0 Å². The van der Waals surface area contributed by atoms with Crippen molar-refractivity contribution in [2.75, 3.05) is 11.6 Å². The summed E-state index contributed by atoms with van der Waals surface area (Å²) in [7, 11) is 0. The Morgan fingerprint density at radius 3 is 2.32 bits per heavy atom. The SMILES string of the molecule is Cc1cc(C=O)c(C)n1N(CC(=O)O)C(=O)c1ccc([N+](=O)[O-])cc1. The third-order valence-corrected chi connectivity index (χ3v) is 3.65. The number of amides is 1. The van der Waals surface area contributed by atoms with Gasteiger partial charge in [-0.2, -0.15) is 0 Å². The molecule has 0 bridgehead atoms. The number of carbonyl (C=O) groups is 3. The molecule has 0 spiro atoms. The third kappa shape index (κ3) is 3.55. The van der Waals surface area contributed by atoms with Crippen LogP contribution >= 0.6 is 0 Å². The van der Waals surface area contributed by atoms with E-state index in [2.05, 4.69) is 0 Å². The molecule has 0 atom stereocenters. The first-order valence-corrected chi connectivity index (χ1v) is 7.18. The first-order chi connectivity index (χ1) is 11.8. The molecular weight excluding hydrogens is 330 g/mol. The monoisotopic (exact) mass is 345 g/mol. The van der Waals surface area contributed by atoms with Gasteiger partial charge in [0.05, 0.1) is 4.92 Å². The van der Waals surface area contributed by atoms with Crippen molar-refractivity contribution in [3.8, 4) is 0 Å². The Morgan fingerprint density at radius 2 is 1.88 bits per heavy atom. The number of hydrogen-bond acceptors (Lipinski definition) is 5. The molecule has 0 aliphatic heterocycles. The van der Waals surface area contributed by atoms with Crippen molar-refractivity contribution in [3.05, 3.63) is 63.0 Å². The Kier molecular flexibility index (Phi) is 4.97. The molecule has 2 aromatic rings. The van der Waals surface area contributed by atoms with Crippen LogP contribution in [0.3, 0.4) is 0 Å². The van der Waals surface area contributed by atoms with E-state index in [1.54, 1.807) is 19.9 Å². The molecule has 0 aliphatic carbocycles. The van der Waals surface area contributed by atoms with Gasteiger partial charge in [0, 0.05) is 34.6 Å². The topological polar surface area (TPSA) is 123 Å². The van der Waals surface area contributed by atoms with Crippen molar-refractivity contribution in [1.82, 2.24) is 4.68 Å². The van der Waals surface area contributed by atoms with Crippen LogP contribution in [-0.2, 0) is 4.79 Å². The van der Waals surface area contributed by atoms with Crippen LogP contribution in [0.1, 0.15) is 32.1 Å². The minimum atomic E-state index is -1.24. The number of nitro groups is 1. The lowest BCUT2D eigenvalue weighted by atomic mass is 10.2. The molecule has 25 heavy (non-hydrogen) atoms. The highest BCUT2D eigenvalue weighted by molar-refractivity contribution is 6.04. The molecule has 0 unspecified atom stereocenters. The Balaban J connectivity index is 2.49. The quantitative estimate of drug-likeness (QED) is 0.483. The number of aryl methyl sites for hydroxylation is 1. The second-order valence-corrected chi connectivity index (χ2v) is 5.32. The predicted molar refractivity (Wildman–Crippen MR) is 87.4 cm³/mol. The molecule has 1 amide bonds. The van der Waals surface area contributed by atoms with Crippen LogP contribution in [-0.4, -0.2) is 39.4 Å². The first kappa shape index (κ1) is 17.9. The summed E-state index contributed by atoms with van der Waals surface area (Å²) in [4.78, 5) is 45.1. The van der Waals surface area contributed by atoms with Crippen LogP contribution in [0.5, 0.6) is 0 Å². The minimum Gasteiger partial charge on any atom is -0.480 e. The van der Waals surface area contributed by atoms with E-state index in [4.69, 9.17) is 5.11 Å². The smallest absolute Gasteiger partial charge is 0.325 e. The molecule has 0 radical (unpaired) electrons. The maximum Gasteiger partial charge on any atom is 0.325 e. The van der Waals surface area contributed by atoms with Gasteiger partial charge in [-0.05, 0) is 32.0 Å². The maximum absolute atomic E-state index is 12.7. The number of carbonyl (C=O) groups excluding carboxylic acids is 2. The molecule has 0 aliphatic rings. The van der Waals surface area contributed by atoms with Gasteiger partial charge in [-0.3, -0.25) is 29.2 Å². The molecule has 0 fully saturated rings. The minimum absolute atomic E-state index is 0.0898. The van der Waals surface area contributed by atoms with E-state index in [0.717, 1.165) is 5.01 Å². The number of non-ortho nitro benzene ring substituents is 1. The van der Waals surface area contributed by atoms with Gasteiger partial charge in [-0.25, -0.2) is 5.01 Å². The van der Waals surface area contributed by atoms with Gasteiger partial charge >= 0.3 is 5.97 Å². The average molecular weight is 345 g/mol. The number of aldehydes is 1. The Morgan fingerprint density at radius 1 is 1.28 bits per heavy atom. The highest BCUT2D eigenvalue weighted by atomic mass is 16.6. The fraction of sp³-hybridized carbons (Fsp3) is 0.188. The number of nitro benzene ring substituents is 1. The number of carboxylic acid groups (broad SMARTS) is 1. The zero-order valence-corrected chi connectivity index (χ0v) is 13.5. The summed E-state index contributed by atoms with van der Waals surface area (Å²) in [5.74, 6) is -1.90.